The highest BCUT2D eigenvalue weighted by atomic mass is 79.9. The summed E-state index contributed by atoms with van der Waals surface area (Å²) in [5, 5.41) is 3.25. The highest BCUT2D eigenvalue weighted by molar-refractivity contribution is 9.10. The van der Waals surface area contributed by atoms with Gasteiger partial charge in [-0.05, 0) is 84.6 Å². The molecule has 0 aromatic heterocycles. The smallest absolute Gasteiger partial charge is 0.264 e. The summed E-state index contributed by atoms with van der Waals surface area (Å²) in [6.07, 6.45) is 5.24. The third-order valence-corrected chi connectivity index (χ3v) is 11.5. The summed E-state index contributed by atoms with van der Waals surface area (Å²) in [6, 6.07) is 40.2. The maximum atomic E-state index is 14.8. The highest BCUT2D eigenvalue weighted by Crippen LogP contribution is 2.29. The van der Waals surface area contributed by atoms with Crippen molar-refractivity contribution in [1.29, 1.82) is 0 Å². The van der Waals surface area contributed by atoms with Gasteiger partial charge < -0.3 is 15.0 Å². The first-order valence-corrected chi connectivity index (χ1v) is 19.8. The van der Waals surface area contributed by atoms with Gasteiger partial charge >= 0.3 is 0 Å². The van der Waals surface area contributed by atoms with Crippen LogP contribution in [0.1, 0.15) is 43.2 Å². The number of nitrogens with one attached hydrogen (secondary N) is 1. The monoisotopic (exact) mass is 779 g/mol. The van der Waals surface area contributed by atoms with Crippen molar-refractivity contribution in [1.82, 2.24) is 10.2 Å². The predicted octanol–water partition coefficient (Wildman–Crippen LogP) is 8.53. The Balaban J connectivity index is 1.38. The summed E-state index contributed by atoms with van der Waals surface area (Å²) in [5.41, 5.74) is 1.97. The molecule has 1 atom stereocenters. The first-order valence-electron chi connectivity index (χ1n) is 17.6. The SMILES string of the molecule is O=C(NC1CCCCC1)[C@H](Cc1ccccc1)N(Cc1cccc(Br)c1)C(=O)CN(c1ccc(Oc2ccccc2)cc1)S(=O)(=O)c1ccccc1. The number of anilines is 1. The second kappa shape index (κ2) is 17.5. The topological polar surface area (TPSA) is 96.0 Å². The van der Waals surface area contributed by atoms with E-state index in [0.29, 0.717) is 11.5 Å². The van der Waals surface area contributed by atoms with Gasteiger partial charge in [-0.1, -0.05) is 114 Å². The maximum Gasteiger partial charge on any atom is 0.264 e. The van der Waals surface area contributed by atoms with Crippen LogP contribution in [-0.2, 0) is 32.6 Å². The van der Waals surface area contributed by atoms with Crippen LogP contribution in [0.4, 0.5) is 5.69 Å². The number of hydrogen-bond acceptors (Lipinski definition) is 5. The average Bonchev–Trinajstić information content (AvgIpc) is 3.17. The molecular weight excluding hydrogens is 738 g/mol. The molecule has 8 nitrogen and oxygen atoms in total. The Bertz CT molecular complexity index is 2030. The largest absolute Gasteiger partial charge is 0.457 e. The van der Waals surface area contributed by atoms with Crippen LogP contribution in [-0.4, -0.2) is 43.8 Å². The average molecular weight is 781 g/mol. The number of para-hydroxylation sites is 1. The van der Waals surface area contributed by atoms with Gasteiger partial charge in [0.05, 0.1) is 10.6 Å². The van der Waals surface area contributed by atoms with Gasteiger partial charge in [0, 0.05) is 23.5 Å². The maximum absolute atomic E-state index is 14.8. The summed E-state index contributed by atoms with van der Waals surface area (Å²) in [7, 11) is -4.22. The molecule has 268 valence electrons. The van der Waals surface area contributed by atoms with Gasteiger partial charge in [0.1, 0.15) is 24.1 Å². The van der Waals surface area contributed by atoms with Gasteiger partial charge in [-0.15, -0.1) is 0 Å². The zero-order valence-corrected chi connectivity index (χ0v) is 31.2. The Morgan fingerprint density at radius 1 is 0.731 bits per heavy atom. The van der Waals surface area contributed by atoms with E-state index in [1.54, 1.807) is 42.5 Å². The summed E-state index contributed by atoms with van der Waals surface area (Å²) >= 11 is 3.54. The molecule has 0 unspecified atom stereocenters. The van der Waals surface area contributed by atoms with E-state index in [-0.39, 0.29) is 35.5 Å². The number of nitrogens with zero attached hydrogens (tertiary/aromatic N) is 2. The molecule has 5 aromatic carbocycles. The van der Waals surface area contributed by atoms with E-state index >= 15 is 0 Å². The molecule has 0 aliphatic heterocycles. The summed E-state index contributed by atoms with van der Waals surface area (Å²) in [4.78, 5) is 30.7. The normalized spacial score (nSPS) is 13.9. The van der Waals surface area contributed by atoms with Gasteiger partial charge in [-0.3, -0.25) is 13.9 Å². The highest BCUT2D eigenvalue weighted by Gasteiger charge is 2.35. The molecule has 0 saturated heterocycles. The van der Waals surface area contributed by atoms with Crippen LogP contribution in [0.5, 0.6) is 11.5 Å². The van der Waals surface area contributed by atoms with E-state index in [4.69, 9.17) is 4.74 Å². The van der Waals surface area contributed by atoms with Crippen LogP contribution in [0, 0.1) is 0 Å². The minimum absolute atomic E-state index is 0.0221. The fraction of sp³-hybridized carbons (Fsp3) is 0.238. The van der Waals surface area contributed by atoms with Crippen molar-refractivity contribution in [2.75, 3.05) is 10.8 Å². The lowest BCUT2D eigenvalue weighted by Gasteiger charge is -2.35. The van der Waals surface area contributed by atoms with Crippen LogP contribution in [0.3, 0.4) is 0 Å². The fourth-order valence-electron chi connectivity index (χ4n) is 6.48. The molecule has 1 saturated carbocycles. The number of rotatable bonds is 14. The van der Waals surface area contributed by atoms with E-state index < -0.39 is 28.5 Å². The number of carbonyl (C=O) groups excluding carboxylic acids is 2. The summed E-state index contributed by atoms with van der Waals surface area (Å²) < 4.78 is 36.6. The molecular formula is C42H42BrN3O5S. The third kappa shape index (κ3) is 9.68. The lowest BCUT2D eigenvalue weighted by atomic mass is 9.94. The molecule has 6 rings (SSSR count). The Labute approximate surface area is 314 Å². The first kappa shape index (κ1) is 36.8. The third-order valence-electron chi connectivity index (χ3n) is 9.18. The number of carbonyl (C=O) groups is 2. The second-order valence-electron chi connectivity index (χ2n) is 12.9. The van der Waals surface area contributed by atoms with E-state index in [9.17, 15) is 18.0 Å². The van der Waals surface area contributed by atoms with Crippen LogP contribution in [0.25, 0.3) is 0 Å². The Morgan fingerprint density at radius 3 is 1.98 bits per heavy atom. The molecule has 0 spiro atoms. The number of ether oxygens (including phenoxy) is 1. The molecule has 1 N–H and O–H groups in total. The quantitative estimate of drug-likeness (QED) is 0.122. The predicted molar refractivity (Wildman–Crippen MR) is 208 cm³/mol. The molecule has 0 bridgehead atoms. The molecule has 1 aliphatic carbocycles. The number of amides is 2. The Hall–Kier alpha value is -4.93. The van der Waals surface area contributed by atoms with E-state index in [1.165, 1.54) is 17.0 Å². The fourth-order valence-corrected chi connectivity index (χ4v) is 8.37. The van der Waals surface area contributed by atoms with E-state index in [0.717, 1.165) is 52.0 Å². The standard InChI is InChI=1S/C42H42BrN3O5S/c43-34-17-13-16-33(28-34)30-45(40(29-32-14-5-1-6-15-32)42(48)44-35-18-7-2-8-19-35)41(47)31-46(52(49,50)39-22-11-4-12-23-39)36-24-26-38(27-25-36)51-37-20-9-3-10-21-37/h1,3-6,9-17,20-28,35,40H,2,7-8,18-19,29-31H2,(H,44,48)/t40-/m0/s1. The van der Waals surface area contributed by atoms with E-state index in [1.807, 2.05) is 84.9 Å². The van der Waals surface area contributed by atoms with Crippen LogP contribution < -0.4 is 14.4 Å². The van der Waals surface area contributed by atoms with Crippen molar-refractivity contribution >= 4 is 43.5 Å². The molecule has 1 fully saturated rings. The summed E-state index contributed by atoms with van der Waals surface area (Å²) in [5.74, 6) is 0.387. The molecule has 5 aromatic rings. The Kier molecular flexibility index (Phi) is 12.4. The van der Waals surface area contributed by atoms with Crippen LogP contribution in [0.15, 0.2) is 149 Å². The van der Waals surface area contributed by atoms with Gasteiger partial charge in [0.15, 0.2) is 0 Å². The van der Waals surface area contributed by atoms with Gasteiger partial charge in [0.2, 0.25) is 11.8 Å². The zero-order valence-electron chi connectivity index (χ0n) is 28.8. The molecule has 1 aliphatic rings. The van der Waals surface area contributed by atoms with Crippen molar-refractivity contribution in [2.45, 2.75) is 62.0 Å². The van der Waals surface area contributed by atoms with Crippen molar-refractivity contribution in [3.63, 3.8) is 0 Å². The van der Waals surface area contributed by atoms with Gasteiger partial charge in [-0.25, -0.2) is 8.42 Å². The second-order valence-corrected chi connectivity index (χ2v) is 15.7. The van der Waals surface area contributed by atoms with Gasteiger partial charge in [-0.2, -0.15) is 0 Å². The Morgan fingerprint density at radius 2 is 1.33 bits per heavy atom. The molecule has 2 amide bonds. The molecule has 0 radical (unpaired) electrons. The van der Waals surface area contributed by atoms with Gasteiger partial charge in [0.25, 0.3) is 10.0 Å². The minimum Gasteiger partial charge on any atom is -0.457 e. The minimum atomic E-state index is -4.22. The molecule has 52 heavy (non-hydrogen) atoms. The lowest BCUT2D eigenvalue weighted by Crippen LogP contribution is -2.55. The summed E-state index contributed by atoms with van der Waals surface area (Å²) in [6.45, 7) is -0.441. The first-order chi connectivity index (χ1) is 25.3. The number of benzene rings is 5. The lowest BCUT2D eigenvalue weighted by molar-refractivity contribution is -0.140. The molecule has 0 heterocycles. The van der Waals surface area contributed by atoms with Crippen molar-refractivity contribution in [3.8, 4) is 11.5 Å². The number of hydrogen-bond donors (Lipinski definition) is 1. The van der Waals surface area contributed by atoms with Crippen molar-refractivity contribution in [3.05, 3.63) is 155 Å². The van der Waals surface area contributed by atoms with Crippen molar-refractivity contribution < 1.29 is 22.7 Å². The zero-order chi connectivity index (χ0) is 36.3. The van der Waals surface area contributed by atoms with Crippen molar-refractivity contribution in [2.24, 2.45) is 0 Å². The molecule has 10 heteroatoms. The number of halogens is 1. The van der Waals surface area contributed by atoms with Crippen LogP contribution in [0.2, 0.25) is 0 Å². The van der Waals surface area contributed by atoms with E-state index in [2.05, 4.69) is 21.2 Å². The number of sulfonamides is 1. The van der Waals surface area contributed by atoms with Crippen LogP contribution >= 0.6 is 15.9 Å².